The van der Waals surface area contributed by atoms with Crippen molar-refractivity contribution in [3.8, 4) is 11.5 Å². The first-order valence-electron chi connectivity index (χ1n) is 14.8. The summed E-state index contributed by atoms with van der Waals surface area (Å²) in [4.78, 5) is 91.8. The van der Waals surface area contributed by atoms with Gasteiger partial charge in [0.15, 0.2) is 11.2 Å². The molecule has 49 heavy (non-hydrogen) atoms. The molecule has 0 amide bonds. The Morgan fingerprint density at radius 2 is 1.49 bits per heavy atom. The number of ether oxygens (including phenoxy) is 1. The van der Waals surface area contributed by atoms with Gasteiger partial charge in [0.2, 0.25) is 0 Å². The summed E-state index contributed by atoms with van der Waals surface area (Å²) in [5.41, 5.74) is -3.33. The molecular formula is C31H27N9O9. The standard InChI is InChI=1S/C31H27N9O9/c1-37-25-22(28(45)38(2)31(37)48)39(13-32-25)11-17(42)12-49-18-8-6-14(7-9-18)19-20-23(33-29(46)35-26(20)43)40(15-4-3-5-16(41)10-15)24-21(19)27(44)36-30(47)34-24/h3-10,13,17,19,41-42H,11-12H2,1-2H3,(H2,33,35,43,46)(H2,34,36,44,47). The van der Waals surface area contributed by atoms with Crippen LogP contribution >= 0.6 is 0 Å². The number of aromatic nitrogens is 8. The molecule has 250 valence electrons. The van der Waals surface area contributed by atoms with E-state index in [2.05, 4.69) is 24.9 Å². The fourth-order valence-corrected chi connectivity index (χ4v) is 6.10. The van der Waals surface area contributed by atoms with E-state index in [1.807, 2.05) is 0 Å². The zero-order chi connectivity index (χ0) is 34.7. The smallest absolute Gasteiger partial charge is 0.332 e. The van der Waals surface area contributed by atoms with Gasteiger partial charge in [-0.1, -0.05) is 18.2 Å². The van der Waals surface area contributed by atoms with E-state index >= 15 is 0 Å². The molecule has 4 aromatic heterocycles. The second kappa shape index (κ2) is 11.5. The molecule has 1 aliphatic heterocycles. The van der Waals surface area contributed by atoms with E-state index < -0.39 is 45.8 Å². The maximum absolute atomic E-state index is 13.4. The third-order valence-corrected chi connectivity index (χ3v) is 8.31. The van der Waals surface area contributed by atoms with Crippen molar-refractivity contribution in [2.24, 2.45) is 14.1 Å². The Hall–Kier alpha value is -6.69. The molecule has 18 nitrogen and oxygen atoms in total. The highest BCUT2D eigenvalue weighted by Gasteiger charge is 2.38. The highest BCUT2D eigenvalue weighted by molar-refractivity contribution is 5.81. The normalized spacial score (nSPS) is 13.3. The summed E-state index contributed by atoms with van der Waals surface area (Å²) in [6.45, 7) is -0.254. The molecule has 0 bridgehead atoms. The van der Waals surface area contributed by atoms with Crippen LogP contribution in [0.15, 0.2) is 83.6 Å². The number of imidazole rings is 1. The lowest BCUT2D eigenvalue weighted by molar-refractivity contribution is 0.0933. The predicted molar refractivity (Wildman–Crippen MR) is 174 cm³/mol. The maximum Gasteiger partial charge on any atom is 0.332 e. The summed E-state index contributed by atoms with van der Waals surface area (Å²) in [5.74, 6) is -0.947. The van der Waals surface area contributed by atoms with Crippen LogP contribution in [0.25, 0.3) is 11.2 Å². The van der Waals surface area contributed by atoms with Gasteiger partial charge in [0.1, 0.15) is 35.8 Å². The summed E-state index contributed by atoms with van der Waals surface area (Å²) in [6.07, 6.45) is 0.264. The van der Waals surface area contributed by atoms with E-state index in [0.717, 1.165) is 4.57 Å². The molecule has 0 saturated carbocycles. The number of phenols is 1. The summed E-state index contributed by atoms with van der Waals surface area (Å²) < 4.78 is 9.42. The predicted octanol–water partition coefficient (Wildman–Crippen LogP) is -0.704. The van der Waals surface area contributed by atoms with Gasteiger partial charge in [-0.3, -0.25) is 48.4 Å². The quantitative estimate of drug-likeness (QED) is 0.124. The Morgan fingerprint density at radius 3 is 2.10 bits per heavy atom. The van der Waals surface area contributed by atoms with Gasteiger partial charge in [-0.2, -0.15) is 0 Å². The number of phenolic OH excluding ortho intramolecular Hbond substituents is 1. The Balaban J connectivity index is 1.21. The Morgan fingerprint density at radius 1 is 0.857 bits per heavy atom. The molecule has 5 heterocycles. The molecule has 0 spiro atoms. The zero-order valence-corrected chi connectivity index (χ0v) is 25.8. The second-order valence-corrected chi connectivity index (χ2v) is 11.4. The molecule has 18 heteroatoms. The first-order chi connectivity index (χ1) is 23.4. The summed E-state index contributed by atoms with van der Waals surface area (Å²) >= 11 is 0. The number of aliphatic hydroxyl groups excluding tert-OH is 1. The lowest BCUT2D eigenvalue weighted by atomic mass is 9.83. The highest BCUT2D eigenvalue weighted by atomic mass is 16.5. The molecule has 0 fully saturated rings. The fourth-order valence-electron chi connectivity index (χ4n) is 6.10. The van der Waals surface area contributed by atoms with E-state index in [0.29, 0.717) is 11.3 Å². The van der Waals surface area contributed by atoms with E-state index in [1.54, 1.807) is 30.3 Å². The lowest BCUT2D eigenvalue weighted by Crippen LogP contribution is -2.40. The van der Waals surface area contributed by atoms with Crippen LogP contribution in [0.3, 0.4) is 0 Å². The molecule has 1 unspecified atom stereocenters. The SMILES string of the molecule is Cn1c(=O)c2c(ncn2CC(O)COc2ccc(C3c4c([nH]c(=O)[nH]c4=O)N(c4cccc(O)c4)c4[nH]c(=O)[nH]c(=O)c43)cc2)n(C)c1=O. The minimum absolute atomic E-state index is 0.00622. The maximum atomic E-state index is 13.4. The highest BCUT2D eigenvalue weighted by Crippen LogP contribution is 2.46. The van der Waals surface area contributed by atoms with Crippen LogP contribution in [0.5, 0.6) is 11.5 Å². The molecular weight excluding hydrogens is 642 g/mol. The first-order valence-corrected chi connectivity index (χ1v) is 14.8. The molecule has 1 aliphatic rings. The Labute approximate surface area is 271 Å². The van der Waals surface area contributed by atoms with Gasteiger partial charge < -0.3 is 19.5 Å². The summed E-state index contributed by atoms with van der Waals surface area (Å²) in [7, 11) is 2.84. The van der Waals surface area contributed by atoms with Gasteiger partial charge >= 0.3 is 17.1 Å². The van der Waals surface area contributed by atoms with Gasteiger partial charge in [-0.15, -0.1) is 0 Å². The second-order valence-electron chi connectivity index (χ2n) is 11.4. The molecule has 2 aromatic carbocycles. The Bertz CT molecular complexity index is 2570. The van der Waals surface area contributed by atoms with Crippen LogP contribution < -0.4 is 43.4 Å². The topological polar surface area (TPSA) is 246 Å². The van der Waals surface area contributed by atoms with Crippen molar-refractivity contribution in [1.82, 2.24) is 38.6 Å². The monoisotopic (exact) mass is 669 g/mol. The summed E-state index contributed by atoms with van der Waals surface area (Å²) in [5, 5.41) is 20.9. The van der Waals surface area contributed by atoms with Crippen LogP contribution in [-0.4, -0.2) is 61.5 Å². The zero-order valence-electron chi connectivity index (χ0n) is 25.8. The van der Waals surface area contributed by atoms with Gasteiger partial charge in [-0.05, 0) is 29.8 Å². The lowest BCUT2D eigenvalue weighted by Gasteiger charge is -2.35. The van der Waals surface area contributed by atoms with Crippen molar-refractivity contribution in [2.45, 2.75) is 18.6 Å². The van der Waals surface area contributed by atoms with Crippen molar-refractivity contribution in [2.75, 3.05) is 11.5 Å². The number of aromatic hydroxyl groups is 1. The number of hydrogen-bond donors (Lipinski definition) is 6. The number of nitrogens with zero attached hydrogens (tertiary/aromatic N) is 5. The van der Waals surface area contributed by atoms with Crippen LogP contribution in [0.4, 0.5) is 17.3 Å². The van der Waals surface area contributed by atoms with E-state index in [9.17, 15) is 39.0 Å². The van der Waals surface area contributed by atoms with Crippen LogP contribution in [-0.2, 0) is 20.6 Å². The average molecular weight is 670 g/mol. The molecule has 7 rings (SSSR count). The van der Waals surface area contributed by atoms with E-state index in [4.69, 9.17) is 4.74 Å². The van der Waals surface area contributed by atoms with Crippen LogP contribution in [0.2, 0.25) is 0 Å². The van der Waals surface area contributed by atoms with Gasteiger partial charge in [-0.25, -0.2) is 19.4 Å². The number of H-pyrrole nitrogens is 4. The molecule has 0 radical (unpaired) electrons. The van der Waals surface area contributed by atoms with Gasteiger partial charge in [0.25, 0.3) is 16.7 Å². The molecule has 6 N–H and O–H groups in total. The van der Waals surface area contributed by atoms with Gasteiger partial charge in [0.05, 0.1) is 35.6 Å². The number of hydrogen-bond acceptors (Lipinski definition) is 11. The number of nitrogens with one attached hydrogen (secondary N) is 4. The number of anilines is 3. The first kappa shape index (κ1) is 30.9. The number of aliphatic hydroxyl groups is 1. The third kappa shape index (κ3) is 5.15. The molecule has 1 atom stereocenters. The van der Waals surface area contributed by atoms with E-state index in [-0.39, 0.29) is 58.5 Å². The van der Waals surface area contributed by atoms with Gasteiger partial charge in [0, 0.05) is 20.2 Å². The van der Waals surface area contributed by atoms with Crippen LogP contribution in [0.1, 0.15) is 22.6 Å². The minimum Gasteiger partial charge on any atom is -0.508 e. The number of fused-ring (bicyclic) bond motifs is 3. The summed E-state index contributed by atoms with van der Waals surface area (Å²) in [6, 6.07) is 12.1. The number of aromatic amines is 4. The average Bonchev–Trinajstić information content (AvgIpc) is 3.48. The number of rotatable bonds is 7. The van der Waals surface area contributed by atoms with Crippen molar-refractivity contribution >= 4 is 28.5 Å². The van der Waals surface area contributed by atoms with E-state index in [1.165, 1.54) is 52.7 Å². The Kier molecular flexibility index (Phi) is 7.28. The molecule has 0 aliphatic carbocycles. The molecule has 6 aromatic rings. The van der Waals surface area contributed by atoms with Crippen molar-refractivity contribution in [1.29, 1.82) is 0 Å². The third-order valence-electron chi connectivity index (χ3n) is 8.31. The van der Waals surface area contributed by atoms with Crippen molar-refractivity contribution in [3.63, 3.8) is 0 Å². The largest absolute Gasteiger partial charge is 0.508 e. The van der Waals surface area contributed by atoms with Crippen molar-refractivity contribution in [3.05, 3.63) is 134 Å². The molecule has 0 saturated heterocycles. The minimum atomic E-state index is -1.09. The van der Waals surface area contributed by atoms with Crippen LogP contribution in [0, 0.1) is 0 Å². The number of benzene rings is 2. The van der Waals surface area contributed by atoms with Crippen molar-refractivity contribution < 1.29 is 14.9 Å². The number of aryl methyl sites for hydroxylation is 1. The fraction of sp³-hybridized carbons (Fsp3) is 0.194.